The van der Waals surface area contributed by atoms with Crippen LogP contribution in [0.4, 0.5) is 0 Å². The van der Waals surface area contributed by atoms with Crippen molar-refractivity contribution in [3.63, 3.8) is 0 Å². The number of nitriles is 1. The molecule has 0 radical (unpaired) electrons. The third-order valence-electron chi connectivity index (χ3n) is 2.76. The molecule has 0 aliphatic heterocycles. The minimum Gasteiger partial charge on any atom is -0.314 e. The van der Waals surface area contributed by atoms with Crippen LogP contribution < -0.4 is 5.32 Å². The Kier molecular flexibility index (Phi) is 2.70. The zero-order valence-corrected chi connectivity index (χ0v) is 10.3. The van der Waals surface area contributed by atoms with Crippen LogP contribution in [0.1, 0.15) is 11.5 Å². The molecule has 0 atom stereocenters. The maximum atomic E-state index is 8.78. The van der Waals surface area contributed by atoms with Crippen molar-refractivity contribution in [1.29, 1.82) is 5.26 Å². The van der Waals surface area contributed by atoms with Crippen LogP contribution in [0.5, 0.6) is 0 Å². The van der Waals surface area contributed by atoms with Gasteiger partial charge in [-0.05, 0) is 19.2 Å². The van der Waals surface area contributed by atoms with Crippen molar-refractivity contribution in [2.75, 3.05) is 7.05 Å². The normalized spacial score (nSPS) is 10.7. The second-order valence-electron chi connectivity index (χ2n) is 3.97. The highest BCUT2D eigenvalue weighted by Gasteiger charge is 2.14. The fourth-order valence-electron chi connectivity index (χ4n) is 1.97. The lowest BCUT2D eigenvalue weighted by Gasteiger charge is -2.03. The van der Waals surface area contributed by atoms with Crippen LogP contribution in [-0.4, -0.2) is 31.2 Å². The average Bonchev–Trinajstić information content (AvgIpc) is 3.04. The van der Waals surface area contributed by atoms with Gasteiger partial charge >= 0.3 is 0 Å². The van der Waals surface area contributed by atoms with E-state index >= 15 is 0 Å². The Morgan fingerprint density at radius 2 is 2.32 bits per heavy atom. The summed E-state index contributed by atoms with van der Waals surface area (Å²) >= 11 is 0. The van der Waals surface area contributed by atoms with Crippen molar-refractivity contribution in [2.45, 2.75) is 6.54 Å². The lowest BCUT2D eigenvalue weighted by atomic mass is 10.4. The summed E-state index contributed by atoms with van der Waals surface area (Å²) in [6.45, 7) is 0.641. The molecule has 0 unspecified atom stereocenters. The summed E-state index contributed by atoms with van der Waals surface area (Å²) in [5.74, 6) is 0.807. The van der Waals surface area contributed by atoms with Gasteiger partial charge in [-0.1, -0.05) is 6.07 Å². The molecule has 0 saturated heterocycles. The molecule has 3 rings (SSSR count). The lowest BCUT2D eigenvalue weighted by molar-refractivity contribution is 0.753. The molecule has 0 aliphatic rings. The van der Waals surface area contributed by atoms with Gasteiger partial charge in [-0.25, -0.2) is 9.97 Å². The Morgan fingerprint density at radius 1 is 1.42 bits per heavy atom. The van der Waals surface area contributed by atoms with Crippen LogP contribution >= 0.6 is 0 Å². The number of pyridine rings is 1. The average molecular weight is 253 g/mol. The number of nitrogens with one attached hydrogen (secondary N) is 1. The maximum Gasteiger partial charge on any atom is 0.252 e. The summed E-state index contributed by atoms with van der Waals surface area (Å²) in [5.41, 5.74) is 1.80. The van der Waals surface area contributed by atoms with Crippen molar-refractivity contribution in [3.05, 3.63) is 42.2 Å². The molecule has 0 amide bonds. The van der Waals surface area contributed by atoms with Gasteiger partial charge in [0.2, 0.25) is 0 Å². The Labute approximate surface area is 109 Å². The molecule has 0 aromatic carbocycles. The first-order valence-corrected chi connectivity index (χ1v) is 5.76. The topological polar surface area (TPSA) is 83.8 Å². The molecule has 3 heterocycles. The molecule has 3 aromatic heterocycles. The summed E-state index contributed by atoms with van der Waals surface area (Å²) in [6.07, 6.45) is 3.44. The first-order chi connectivity index (χ1) is 9.33. The van der Waals surface area contributed by atoms with Gasteiger partial charge in [-0.2, -0.15) is 9.94 Å². The van der Waals surface area contributed by atoms with Crippen molar-refractivity contribution < 1.29 is 0 Å². The van der Waals surface area contributed by atoms with Crippen LogP contribution in [0, 0.1) is 11.3 Å². The van der Waals surface area contributed by atoms with Gasteiger partial charge in [-0.3, -0.25) is 0 Å². The summed E-state index contributed by atoms with van der Waals surface area (Å²) in [5, 5.41) is 16.0. The van der Waals surface area contributed by atoms with Crippen LogP contribution in [-0.2, 0) is 6.54 Å². The van der Waals surface area contributed by atoms with Crippen molar-refractivity contribution in [2.24, 2.45) is 0 Å². The molecule has 0 fully saturated rings. The predicted molar refractivity (Wildman–Crippen MR) is 67.6 cm³/mol. The molecule has 94 valence electrons. The van der Waals surface area contributed by atoms with Gasteiger partial charge < -0.3 is 9.72 Å². The standard InChI is InChI=1S/C12H11N7/c1-14-7-9-12(19-8-15-10(6-13)17-19)16-11-4-2-3-5-18(9)11/h2-5,8,14H,7H2,1H3. The molecular weight excluding hydrogens is 242 g/mol. The Morgan fingerprint density at radius 3 is 3.05 bits per heavy atom. The zero-order chi connectivity index (χ0) is 13.2. The molecule has 0 saturated carbocycles. The van der Waals surface area contributed by atoms with E-state index < -0.39 is 0 Å². The number of aromatic nitrogens is 5. The van der Waals surface area contributed by atoms with Gasteiger partial charge in [0.25, 0.3) is 5.82 Å². The summed E-state index contributed by atoms with van der Waals surface area (Å²) in [7, 11) is 1.87. The highest BCUT2D eigenvalue weighted by molar-refractivity contribution is 5.48. The molecule has 1 N–H and O–H groups in total. The summed E-state index contributed by atoms with van der Waals surface area (Å²) < 4.78 is 3.51. The van der Waals surface area contributed by atoms with E-state index in [1.165, 1.54) is 11.0 Å². The van der Waals surface area contributed by atoms with E-state index in [0.717, 1.165) is 11.3 Å². The Hall–Kier alpha value is -2.72. The first kappa shape index (κ1) is 11.4. The second kappa shape index (κ2) is 4.51. The number of nitrogens with zero attached hydrogens (tertiary/aromatic N) is 6. The van der Waals surface area contributed by atoms with E-state index in [9.17, 15) is 0 Å². The Bertz CT molecular complexity index is 762. The minimum atomic E-state index is 0.132. The van der Waals surface area contributed by atoms with Crippen molar-refractivity contribution in [1.82, 2.24) is 29.5 Å². The molecule has 0 spiro atoms. The van der Waals surface area contributed by atoms with Crippen molar-refractivity contribution >= 4 is 5.65 Å². The van der Waals surface area contributed by atoms with Gasteiger partial charge in [0.1, 0.15) is 18.0 Å². The zero-order valence-electron chi connectivity index (χ0n) is 10.3. The van der Waals surface area contributed by atoms with Crippen LogP contribution in [0.15, 0.2) is 30.7 Å². The molecule has 0 aliphatic carbocycles. The highest BCUT2D eigenvalue weighted by atomic mass is 15.4. The highest BCUT2D eigenvalue weighted by Crippen LogP contribution is 2.15. The largest absolute Gasteiger partial charge is 0.314 e. The third-order valence-corrected chi connectivity index (χ3v) is 2.76. The predicted octanol–water partition coefficient (Wildman–Crippen LogP) is 0.506. The quantitative estimate of drug-likeness (QED) is 0.735. The molecule has 7 nitrogen and oxygen atoms in total. The van der Waals surface area contributed by atoms with Gasteiger partial charge in [0.15, 0.2) is 5.82 Å². The van der Waals surface area contributed by atoms with E-state index in [1.807, 2.05) is 41.9 Å². The van der Waals surface area contributed by atoms with Crippen LogP contribution in [0.25, 0.3) is 11.5 Å². The second-order valence-corrected chi connectivity index (χ2v) is 3.97. The van der Waals surface area contributed by atoms with Gasteiger partial charge in [0, 0.05) is 12.7 Å². The fraction of sp³-hybridized carbons (Fsp3) is 0.167. The fourth-order valence-corrected chi connectivity index (χ4v) is 1.97. The molecule has 19 heavy (non-hydrogen) atoms. The summed E-state index contributed by atoms with van der Waals surface area (Å²) in [4.78, 5) is 8.43. The van der Waals surface area contributed by atoms with E-state index in [1.54, 1.807) is 0 Å². The lowest BCUT2D eigenvalue weighted by Crippen LogP contribution is -2.11. The molecular formula is C12H11N7. The Balaban J connectivity index is 2.22. The minimum absolute atomic E-state index is 0.132. The summed E-state index contributed by atoms with van der Waals surface area (Å²) in [6, 6.07) is 7.70. The smallest absolute Gasteiger partial charge is 0.252 e. The number of hydrogen-bond acceptors (Lipinski definition) is 5. The SMILES string of the molecule is CNCc1c(-n2cnc(C#N)n2)nc2ccccn12. The van der Waals surface area contributed by atoms with E-state index in [0.29, 0.717) is 12.4 Å². The first-order valence-electron chi connectivity index (χ1n) is 5.76. The molecule has 0 bridgehead atoms. The van der Waals surface area contributed by atoms with E-state index in [-0.39, 0.29) is 5.82 Å². The third kappa shape index (κ3) is 1.84. The van der Waals surface area contributed by atoms with Gasteiger partial charge in [0.05, 0.1) is 5.69 Å². The monoisotopic (exact) mass is 253 g/mol. The van der Waals surface area contributed by atoms with Crippen molar-refractivity contribution in [3.8, 4) is 11.9 Å². The van der Waals surface area contributed by atoms with Crippen LogP contribution in [0.2, 0.25) is 0 Å². The number of fused-ring (bicyclic) bond motifs is 1. The number of imidazole rings is 1. The van der Waals surface area contributed by atoms with E-state index in [2.05, 4.69) is 20.4 Å². The number of rotatable bonds is 3. The molecule has 7 heteroatoms. The van der Waals surface area contributed by atoms with Crippen LogP contribution in [0.3, 0.4) is 0 Å². The molecule has 3 aromatic rings. The van der Waals surface area contributed by atoms with E-state index in [4.69, 9.17) is 5.26 Å². The maximum absolute atomic E-state index is 8.78. The number of hydrogen-bond donors (Lipinski definition) is 1. The van der Waals surface area contributed by atoms with Gasteiger partial charge in [-0.15, -0.1) is 5.10 Å².